The van der Waals surface area contributed by atoms with E-state index in [4.69, 9.17) is 13.9 Å². The quantitative estimate of drug-likeness (QED) is 0.503. The monoisotopic (exact) mass is 463 g/mol. The molecule has 1 aliphatic rings. The zero-order valence-electron chi connectivity index (χ0n) is 17.9. The van der Waals surface area contributed by atoms with E-state index in [1.54, 1.807) is 19.1 Å². The third-order valence-electron chi connectivity index (χ3n) is 5.43. The number of rotatable bonds is 8. The average Bonchev–Trinajstić information content (AvgIpc) is 3.04. The second kappa shape index (κ2) is 8.28. The first kappa shape index (κ1) is 22.4. The van der Waals surface area contributed by atoms with Gasteiger partial charge in [-0.2, -0.15) is 0 Å². The first-order valence-corrected chi connectivity index (χ1v) is 10.7. The van der Waals surface area contributed by atoms with Gasteiger partial charge in [-0.05, 0) is 31.5 Å². The van der Waals surface area contributed by atoms with E-state index in [-0.39, 0.29) is 36.8 Å². The van der Waals surface area contributed by atoms with Gasteiger partial charge in [-0.25, -0.2) is 18.7 Å². The number of carbonyl (C=O) groups is 1. The number of benzene rings is 1. The lowest BCUT2D eigenvalue weighted by Gasteiger charge is -2.14. The van der Waals surface area contributed by atoms with Crippen LogP contribution in [0.2, 0.25) is 0 Å². The fraction of sp³-hybridized carbons (Fsp3) is 0.409. The molecule has 4 rings (SSSR count). The Bertz CT molecular complexity index is 1170. The van der Waals surface area contributed by atoms with E-state index in [2.05, 4.69) is 24.5 Å². The van der Waals surface area contributed by atoms with Gasteiger partial charge in [0.15, 0.2) is 17.1 Å². The Morgan fingerprint density at radius 3 is 2.78 bits per heavy atom. The minimum absolute atomic E-state index is 0.0458. The van der Waals surface area contributed by atoms with Gasteiger partial charge in [0, 0.05) is 24.0 Å². The number of nitrogens with zero attached hydrogens (tertiary/aromatic N) is 2. The summed E-state index contributed by atoms with van der Waals surface area (Å²) in [6, 6.07) is 5.77. The van der Waals surface area contributed by atoms with E-state index in [1.807, 2.05) is 6.92 Å². The number of hydrogen-bond acceptors (Lipinski definition) is 6. The molecular weight excluding hydrogens is 439 g/mol. The Morgan fingerprint density at radius 2 is 2.12 bits per heavy atom. The van der Waals surface area contributed by atoms with Crippen molar-refractivity contribution in [1.29, 1.82) is 0 Å². The Balaban J connectivity index is 1.45. The van der Waals surface area contributed by atoms with Gasteiger partial charge in [-0.3, -0.25) is 4.79 Å². The van der Waals surface area contributed by atoms with Crippen molar-refractivity contribution in [3.05, 3.63) is 36.3 Å². The fourth-order valence-corrected chi connectivity index (χ4v) is 3.83. The topological polar surface area (TPSA) is 86.5 Å². The van der Waals surface area contributed by atoms with Gasteiger partial charge in [0.25, 0.3) is 0 Å². The standard InChI is InChI=1S/C22H24F2N3O4P/c1-12(26-13(2)28)9-29-19-7-18-16(8-25-19)27-20(31-18)14-4-5-17(15(23)6-14)30-11-21(3)10-22(21,24)32/h4-8,12H,9-11,32H2,1-3H3,(H,26,28)/t12-,21?,22?/m0/s1. The zero-order valence-corrected chi connectivity index (χ0v) is 19.1. The van der Waals surface area contributed by atoms with Crippen molar-refractivity contribution in [2.24, 2.45) is 5.41 Å². The highest BCUT2D eigenvalue weighted by atomic mass is 31.0. The van der Waals surface area contributed by atoms with Crippen LogP contribution < -0.4 is 14.8 Å². The molecule has 3 aromatic rings. The molecule has 0 bridgehead atoms. The summed E-state index contributed by atoms with van der Waals surface area (Å²) >= 11 is 0. The SMILES string of the molecule is CC(=O)N[C@@H](C)COc1cc2oc(-c3ccc(OCC4(C)CC4(F)P)c(F)c3)nc2cn1. The molecule has 4 atom stereocenters. The van der Waals surface area contributed by atoms with Crippen LogP contribution in [-0.2, 0) is 4.79 Å². The molecule has 1 aromatic carbocycles. The molecule has 1 N–H and O–H groups in total. The van der Waals surface area contributed by atoms with Crippen LogP contribution in [0.5, 0.6) is 11.6 Å². The first-order valence-electron chi connectivity index (χ1n) is 10.1. The minimum atomic E-state index is -1.36. The number of hydrogen-bond donors (Lipinski definition) is 1. The largest absolute Gasteiger partial charge is 0.490 e. The minimum Gasteiger partial charge on any atom is -0.490 e. The number of nitrogens with one attached hydrogen (secondary N) is 1. The van der Waals surface area contributed by atoms with Gasteiger partial charge in [0.05, 0.1) is 18.8 Å². The predicted octanol–water partition coefficient (Wildman–Crippen LogP) is 4.26. The number of alkyl halides is 1. The maximum atomic E-state index is 14.6. The van der Waals surface area contributed by atoms with E-state index < -0.39 is 16.6 Å². The molecule has 0 aliphatic heterocycles. The van der Waals surface area contributed by atoms with Crippen molar-refractivity contribution in [3.8, 4) is 23.1 Å². The van der Waals surface area contributed by atoms with Gasteiger partial charge < -0.3 is 19.2 Å². The smallest absolute Gasteiger partial charge is 0.227 e. The van der Waals surface area contributed by atoms with Gasteiger partial charge in [0.1, 0.15) is 17.5 Å². The number of pyridine rings is 1. The van der Waals surface area contributed by atoms with Crippen molar-refractivity contribution in [1.82, 2.24) is 15.3 Å². The fourth-order valence-electron chi connectivity index (χ4n) is 3.30. The first-order chi connectivity index (χ1) is 15.1. The summed E-state index contributed by atoms with van der Waals surface area (Å²) in [7, 11) is 2.18. The van der Waals surface area contributed by atoms with Gasteiger partial charge in [-0.15, -0.1) is 0 Å². The number of carbonyl (C=O) groups excluding carboxylic acids is 1. The zero-order chi connectivity index (χ0) is 23.1. The van der Waals surface area contributed by atoms with Crippen molar-refractivity contribution in [3.63, 3.8) is 0 Å². The molecule has 0 saturated heterocycles. The second-order valence-electron chi connectivity index (χ2n) is 8.46. The molecule has 7 nitrogen and oxygen atoms in total. The second-order valence-corrected chi connectivity index (χ2v) is 9.37. The highest BCUT2D eigenvalue weighted by Crippen LogP contribution is 2.63. The van der Waals surface area contributed by atoms with Gasteiger partial charge >= 0.3 is 0 Å². The molecule has 3 unspecified atom stereocenters. The third kappa shape index (κ3) is 4.67. The number of fused-ring (bicyclic) bond motifs is 1. The van der Waals surface area contributed by atoms with Crippen LogP contribution in [0.1, 0.15) is 27.2 Å². The molecule has 1 saturated carbocycles. The normalized spacial score (nSPS) is 23.1. The Kier molecular flexibility index (Phi) is 5.79. The molecule has 10 heteroatoms. The van der Waals surface area contributed by atoms with Crippen LogP contribution in [0.25, 0.3) is 22.6 Å². The summed E-state index contributed by atoms with van der Waals surface area (Å²) in [5, 5.41) is 1.36. The summed E-state index contributed by atoms with van der Waals surface area (Å²) in [6.07, 6.45) is 1.86. The van der Waals surface area contributed by atoms with Crippen molar-refractivity contribution >= 4 is 26.2 Å². The maximum absolute atomic E-state index is 14.6. The Morgan fingerprint density at radius 1 is 1.38 bits per heavy atom. The summed E-state index contributed by atoms with van der Waals surface area (Å²) in [4.78, 5) is 19.6. The number of ether oxygens (including phenoxy) is 2. The number of aromatic nitrogens is 2. The van der Waals surface area contributed by atoms with E-state index in [1.165, 1.54) is 25.3 Å². The summed E-state index contributed by atoms with van der Waals surface area (Å²) in [5.74, 6) is -0.146. The van der Waals surface area contributed by atoms with Gasteiger partial charge in [0.2, 0.25) is 17.7 Å². The molecular formula is C22H24F2N3O4P. The molecule has 2 heterocycles. The van der Waals surface area contributed by atoms with E-state index >= 15 is 0 Å². The summed E-state index contributed by atoms with van der Waals surface area (Å²) < 4.78 is 45.3. The molecule has 2 aromatic heterocycles. The van der Waals surface area contributed by atoms with Crippen LogP contribution in [0, 0.1) is 11.2 Å². The lowest BCUT2D eigenvalue weighted by molar-refractivity contribution is -0.119. The Hall–Kier alpha value is -2.80. The number of oxazole rings is 1. The average molecular weight is 463 g/mol. The molecule has 32 heavy (non-hydrogen) atoms. The van der Waals surface area contributed by atoms with Crippen LogP contribution in [0.3, 0.4) is 0 Å². The lowest BCUT2D eigenvalue weighted by Crippen LogP contribution is -2.35. The molecule has 0 radical (unpaired) electrons. The molecule has 1 fully saturated rings. The van der Waals surface area contributed by atoms with Crippen LogP contribution >= 0.6 is 9.24 Å². The molecule has 170 valence electrons. The number of halogens is 2. The van der Waals surface area contributed by atoms with E-state index in [9.17, 15) is 13.6 Å². The van der Waals surface area contributed by atoms with Crippen molar-refractivity contribution in [2.45, 2.75) is 38.6 Å². The van der Waals surface area contributed by atoms with E-state index in [0.29, 0.717) is 29.0 Å². The molecule has 1 amide bonds. The number of amides is 1. The molecule has 1 aliphatic carbocycles. The lowest BCUT2D eigenvalue weighted by atomic mass is 10.1. The maximum Gasteiger partial charge on any atom is 0.227 e. The van der Waals surface area contributed by atoms with Crippen LogP contribution in [-0.4, -0.2) is 40.5 Å². The van der Waals surface area contributed by atoms with Gasteiger partial charge in [-0.1, -0.05) is 16.2 Å². The third-order valence-corrected chi connectivity index (χ3v) is 6.33. The molecule has 0 spiro atoms. The highest BCUT2D eigenvalue weighted by molar-refractivity contribution is 7.19. The highest BCUT2D eigenvalue weighted by Gasteiger charge is 2.63. The summed E-state index contributed by atoms with van der Waals surface area (Å²) in [6.45, 7) is 5.34. The van der Waals surface area contributed by atoms with Crippen LogP contribution in [0.4, 0.5) is 8.78 Å². The van der Waals surface area contributed by atoms with Crippen molar-refractivity contribution in [2.75, 3.05) is 13.2 Å². The predicted molar refractivity (Wildman–Crippen MR) is 118 cm³/mol. The summed E-state index contributed by atoms with van der Waals surface area (Å²) in [5.41, 5.74) is 0.718. The Labute approximate surface area is 186 Å². The van der Waals surface area contributed by atoms with Crippen LogP contribution in [0.15, 0.2) is 34.9 Å². The van der Waals surface area contributed by atoms with E-state index in [0.717, 1.165) is 0 Å². The van der Waals surface area contributed by atoms with Crippen molar-refractivity contribution < 1.29 is 27.5 Å².